The normalized spacial score (nSPS) is 26.0. The summed E-state index contributed by atoms with van der Waals surface area (Å²) >= 11 is 0. The first-order chi connectivity index (χ1) is 30.2. The molecular formula is C43H50F6N6O9. The summed E-state index contributed by atoms with van der Waals surface area (Å²) in [5, 5.41) is 12.5. The maximum absolute atomic E-state index is 14.7. The van der Waals surface area contributed by atoms with Gasteiger partial charge in [-0.2, -0.15) is 26.3 Å². The number of amides is 4. The van der Waals surface area contributed by atoms with Gasteiger partial charge in [0.25, 0.3) is 5.91 Å². The Morgan fingerprint density at radius 3 is 2.16 bits per heavy atom. The van der Waals surface area contributed by atoms with E-state index in [1.54, 1.807) is 6.92 Å². The van der Waals surface area contributed by atoms with Crippen LogP contribution in [0.3, 0.4) is 0 Å². The molecule has 3 atom stereocenters. The lowest BCUT2D eigenvalue weighted by Crippen LogP contribution is -2.67. The summed E-state index contributed by atoms with van der Waals surface area (Å²) in [6.45, 7) is 1.77. The molecule has 6 heterocycles. The highest BCUT2D eigenvalue weighted by molar-refractivity contribution is 5.95. The molecule has 2 N–H and O–H groups in total. The molecule has 2 aliphatic carbocycles. The molecule has 348 valence electrons. The fourth-order valence-corrected chi connectivity index (χ4v) is 10.3. The molecule has 0 unspecified atom stereocenters. The molecule has 7 fully saturated rings. The summed E-state index contributed by atoms with van der Waals surface area (Å²) < 4.78 is 100. The second-order valence-corrected chi connectivity index (χ2v) is 18.5. The van der Waals surface area contributed by atoms with Gasteiger partial charge < -0.3 is 39.3 Å². The highest BCUT2D eigenvalue weighted by atomic mass is 19.4. The smallest absolute Gasteiger partial charge is 0.417 e. The van der Waals surface area contributed by atoms with E-state index < -0.39 is 87.9 Å². The Bertz CT molecular complexity index is 2130. The van der Waals surface area contributed by atoms with E-state index in [4.69, 9.17) is 9.47 Å². The fourth-order valence-electron chi connectivity index (χ4n) is 10.3. The number of carbonyl (C=O) groups excluding carboxylic acids is 5. The minimum atomic E-state index is -4.80. The van der Waals surface area contributed by atoms with Crippen LogP contribution >= 0.6 is 0 Å². The number of rotatable bonds is 11. The average molecular weight is 909 g/mol. The van der Waals surface area contributed by atoms with Gasteiger partial charge in [0.05, 0.1) is 62.0 Å². The van der Waals surface area contributed by atoms with Crippen molar-refractivity contribution in [3.63, 3.8) is 0 Å². The Hall–Kier alpha value is -5.05. The van der Waals surface area contributed by atoms with Crippen LogP contribution in [0.1, 0.15) is 96.2 Å². The standard InChI is InChI=1S/C43H50F6N6O9/c1-24(63-22-39-9-5-27(6-10-39)64-23-39)33(36(59)53-13-7-25(8-14-53)26-3-4-29(42(44,45)46)28(15-26)37(60)62-2)52-34(57)30-18-54(35(58)31-16-51-32(56)17-50-31)19-40(30)20-55(21-40)38(61)41(11-12-41)43(47,48)49/h3-4,15-17,24-25,27,30,33H,5-14,18-23H2,1-2H3,(H,51,56)(H,52,57)/t24-,27?,30-,33+,39?/m0/s1. The van der Waals surface area contributed by atoms with E-state index >= 15 is 0 Å². The highest BCUT2D eigenvalue weighted by Gasteiger charge is 2.72. The molecule has 2 aromatic rings. The van der Waals surface area contributed by atoms with Crippen LogP contribution in [0.25, 0.3) is 0 Å². The monoisotopic (exact) mass is 908 g/mol. The number of halogens is 6. The van der Waals surface area contributed by atoms with Crippen molar-refractivity contribution in [3.05, 3.63) is 53.0 Å². The Morgan fingerprint density at radius 1 is 0.922 bits per heavy atom. The second-order valence-electron chi connectivity index (χ2n) is 18.5. The number of ether oxygens (including phenoxy) is 3. The molecule has 64 heavy (non-hydrogen) atoms. The van der Waals surface area contributed by atoms with Crippen LogP contribution in [-0.4, -0.2) is 143 Å². The van der Waals surface area contributed by atoms with Crippen molar-refractivity contribution in [2.45, 2.75) is 94.8 Å². The van der Waals surface area contributed by atoms with Gasteiger partial charge in [-0.05, 0) is 81.9 Å². The first-order valence-corrected chi connectivity index (χ1v) is 21.5. The van der Waals surface area contributed by atoms with E-state index in [2.05, 4.69) is 20.0 Å². The van der Waals surface area contributed by atoms with E-state index in [9.17, 15) is 55.4 Å². The van der Waals surface area contributed by atoms with Crippen LogP contribution in [-0.2, 0) is 34.8 Å². The molecule has 21 heteroatoms. The zero-order valence-corrected chi connectivity index (χ0v) is 35.3. The lowest BCUT2D eigenvalue weighted by molar-refractivity contribution is -0.205. The van der Waals surface area contributed by atoms with Crippen LogP contribution in [0.5, 0.6) is 5.88 Å². The first-order valence-electron chi connectivity index (χ1n) is 21.5. The molecular weight excluding hydrogens is 858 g/mol. The summed E-state index contributed by atoms with van der Waals surface area (Å²) in [5.41, 5.74) is -5.40. The quantitative estimate of drug-likeness (QED) is 0.240. The molecule has 1 spiro atoms. The minimum Gasteiger partial charge on any atom is -0.492 e. The molecule has 15 nitrogen and oxygen atoms in total. The van der Waals surface area contributed by atoms with Gasteiger partial charge >= 0.3 is 18.3 Å². The first kappa shape index (κ1) is 45.5. The van der Waals surface area contributed by atoms with Gasteiger partial charge in [0.2, 0.25) is 23.6 Å². The van der Waals surface area contributed by atoms with Gasteiger partial charge in [0.1, 0.15) is 17.2 Å². The van der Waals surface area contributed by atoms with Gasteiger partial charge in [-0.15, -0.1) is 0 Å². The van der Waals surface area contributed by atoms with Gasteiger partial charge in [-0.25, -0.2) is 14.8 Å². The van der Waals surface area contributed by atoms with E-state index in [0.29, 0.717) is 25.0 Å². The second kappa shape index (κ2) is 16.7. The van der Waals surface area contributed by atoms with E-state index in [0.717, 1.165) is 56.2 Å². The molecule has 5 aliphatic heterocycles. The van der Waals surface area contributed by atoms with Crippen molar-refractivity contribution in [1.29, 1.82) is 0 Å². The fraction of sp³-hybridized carbons (Fsp3) is 0.651. The van der Waals surface area contributed by atoms with Crippen LogP contribution in [0.4, 0.5) is 26.3 Å². The molecule has 9 rings (SSSR count). The third kappa shape index (κ3) is 8.49. The number of benzene rings is 1. The SMILES string of the molecule is COC(=O)c1cc(C2CCN(C(=O)[C@H](NC(=O)[C@@H]3CN(C(=O)c4cnc(O)cn4)CC34CN(C(=O)C3(C(F)(F)F)CC3)C4)[C@H](C)OCC34CCC(CC3)OC4)CC2)ccc1C(F)(F)F. The van der Waals surface area contributed by atoms with E-state index in [-0.39, 0.29) is 81.8 Å². The number of aromatic nitrogens is 2. The number of hydrogen-bond acceptors (Lipinski definition) is 11. The maximum Gasteiger partial charge on any atom is 0.417 e. The van der Waals surface area contributed by atoms with Gasteiger partial charge in [-0.3, -0.25) is 19.2 Å². The van der Waals surface area contributed by atoms with Gasteiger partial charge in [0, 0.05) is 50.1 Å². The number of carbonyl (C=O) groups is 5. The predicted octanol–water partition coefficient (Wildman–Crippen LogP) is 4.49. The topological polar surface area (TPSA) is 181 Å². The summed E-state index contributed by atoms with van der Waals surface area (Å²) in [6, 6.07) is 2.02. The van der Waals surface area contributed by atoms with Crippen LogP contribution in [0.2, 0.25) is 0 Å². The van der Waals surface area contributed by atoms with Crippen molar-refractivity contribution >= 4 is 29.6 Å². The molecule has 1 aromatic heterocycles. The van der Waals surface area contributed by atoms with Crippen molar-refractivity contribution < 1.29 is 69.6 Å². The number of hydrogen-bond donors (Lipinski definition) is 2. The predicted molar refractivity (Wildman–Crippen MR) is 209 cm³/mol. The average Bonchev–Trinajstić information content (AvgIpc) is 4.01. The number of alkyl halides is 6. The van der Waals surface area contributed by atoms with E-state index in [1.807, 2.05) is 0 Å². The zero-order chi connectivity index (χ0) is 46.0. The summed E-state index contributed by atoms with van der Waals surface area (Å²) in [7, 11) is 0.991. The summed E-state index contributed by atoms with van der Waals surface area (Å²) in [4.78, 5) is 80.2. The number of piperidine rings is 1. The van der Waals surface area contributed by atoms with Crippen molar-refractivity contribution in [2.75, 3.05) is 59.6 Å². The van der Waals surface area contributed by atoms with Crippen LogP contribution in [0, 0.1) is 22.2 Å². The number of nitrogens with zero attached hydrogens (tertiary/aromatic N) is 5. The number of nitrogens with one attached hydrogen (secondary N) is 1. The minimum absolute atomic E-state index is 0.126. The van der Waals surface area contributed by atoms with Gasteiger partial charge in [0.15, 0.2) is 0 Å². The van der Waals surface area contributed by atoms with Crippen molar-refractivity contribution in [2.24, 2.45) is 22.2 Å². The number of aromatic hydroxyl groups is 1. The zero-order valence-electron chi connectivity index (χ0n) is 35.3. The molecule has 0 radical (unpaired) electrons. The number of likely N-dealkylation sites (tertiary alicyclic amines) is 3. The molecule has 2 saturated carbocycles. The largest absolute Gasteiger partial charge is 0.492 e. The summed E-state index contributed by atoms with van der Waals surface area (Å²) in [6.07, 6.45) is -4.91. The van der Waals surface area contributed by atoms with Crippen LogP contribution in [0.15, 0.2) is 30.6 Å². The lowest BCUT2D eigenvalue weighted by Gasteiger charge is -2.51. The molecule has 7 aliphatic rings. The maximum atomic E-state index is 14.7. The third-order valence-corrected chi connectivity index (χ3v) is 14.4. The Kier molecular flexibility index (Phi) is 11.9. The number of fused-ring (bicyclic) bond motifs is 3. The highest BCUT2D eigenvalue weighted by Crippen LogP contribution is 2.60. The lowest BCUT2D eigenvalue weighted by atomic mass is 9.70. The molecule has 5 saturated heterocycles. The molecule has 4 amide bonds. The number of esters is 1. The Balaban J connectivity index is 1.02. The molecule has 2 bridgehead atoms. The number of methoxy groups -OCH3 is 1. The van der Waals surface area contributed by atoms with E-state index in [1.165, 1.54) is 21.9 Å². The third-order valence-electron chi connectivity index (χ3n) is 14.4. The van der Waals surface area contributed by atoms with Crippen LogP contribution < -0.4 is 5.32 Å². The van der Waals surface area contributed by atoms with Gasteiger partial charge in [-0.1, -0.05) is 6.07 Å². The van der Waals surface area contributed by atoms with Crippen molar-refractivity contribution in [3.8, 4) is 5.88 Å². The van der Waals surface area contributed by atoms with Crippen molar-refractivity contribution in [1.82, 2.24) is 30.0 Å². The Morgan fingerprint density at radius 2 is 1.59 bits per heavy atom. The summed E-state index contributed by atoms with van der Waals surface area (Å²) in [5.74, 6) is -5.93. The Labute approximate surface area is 364 Å². The molecule has 1 aromatic carbocycles.